The lowest BCUT2D eigenvalue weighted by Crippen LogP contribution is -1.92. The maximum Gasteiger partial charge on any atom is 0.0446 e. The van der Waals surface area contributed by atoms with Crippen molar-refractivity contribution in [1.82, 2.24) is 0 Å². The quantitative estimate of drug-likeness (QED) is 0.162. The zero-order chi connectivity index (χ0) is 34.9. The summed E-state index contributed by atoms with van der Waals surface area (Å²) in [5.41, 5.74) is 10.1. The molecule has 0 fully saturated rings. The molecule has 0 aliphatic carbocycles. The third-order valence-electron chi connectivity index (χ3n) is 11.1. The molecule has 11 aromatic rings. The normalized spacial score (nSPS) is 11.8. The summed E-state index contributed by atoms with van der Waals surface area (Å²) in [5, 5.41) is 12.9. The van der Waals surface area contributed by atoms with Crippen molar-refractivity contribution >= 4 is 74.6 Å². The van der Waals surface area contributed by atoms with Crippen molar-refractivity contribution < 1.29 is 0 Å². The third kappa shape index (κ3) is 4.61. The molecule has 0 aliphatic heterocycles. The summed E-state index contributed by atoms with van der Waals surface area (Å²) >= 11 is 1.91. The van der Waals surface area contributed by atoms with E-state index in [0.29, 0.717) is 0 Å². The van der Waals surface area contributed by atoms with Crippen molar-refractivity contribution in [3.63, 3.8) is 0 Å². The van der Waals surface area contributed by atoms with Crippen LogP contribution in [0.5, 0.6) is 0 Å². The predicted molar refractivity (Wildman–Crippen MR) is 231 cm³/mol. The molecule has 246 valence electrons. The molecule has 0 bridgehead atoms. The van der Waals surface area contributed by atoms with Gasteiger partial charge in [0.1, 0.15) is 0 Å². The molecule has 0 saturated carbocycles. The van der Waals surface area contributed by atoms with Crippen molar-refractivity contribution in [3.8, 4) is 44.5 Å². The number of hydrogen-bond acceptors (Lipinski definition) is 1. The Hall–Kier alpha value is -6.54. The molecular formula is C52H32S. The molecule has 0 saturated heterocycles. The molecule has 0 N–H and O–H groups in total. The second-order valence-corrected chi connectivity index (χ2v) is 15.0. The molecule has 11 rings (SSSR count). The van der Waals surface area contributed by atoms with Crippen LogP contribution >= 0.6 is 11.3 Å². The van der Waals surface area contributed by atoms with E-state index in [-0.39, 0.29) is 0 Å². The van der Waals surface area contributed by atoms with E-state index in [0.717, 1.165) is 0 Å². The van der Waals surface area contributed by atoms with E-state index in [9.17, 15) is 0 Å². The first-order valence-electron chi connectivity index (χ1n) is 18.3. The van der Waals surface area contributed by atoms with Gasteiger partial charge in [-0.3, -0.25) is 0 Å². The van der Waals surface area contributed by atoms with Gasteiger partial charge in [0.15, 0.2) is 0 Å². The molecule has 1 heteroatoms. The summed E-state index contributed by atoms with van der Waals surface area (Å²) in [6.07, 6.45) is 0. The maximum absolute atomic E-state index is 2.35. The summed E-state index contributed by atoms with van der Waals surface area (Å²) in [5.74, 6) is 0. The average molecular weight is 689 g/mol. The van der Waals surface area contributed by atoms with Crippen LogP contribution in [0.25, 0.3) is 108 Å². The molecule has 0 amide bonds. The van der Waals surface area contributed by atoms with Gasteiger partial charge in [0.2, 0.25) is 0 Å². The van der Waals surface area contributed by atoms with E-state index < -0.39 is 0 Å². The van der Waals surface area contributed by atoms with Gasteiger partial charge in [-0.25, -0.2) is 0 Å². The van der Waals surface area contributed by atoms with Crippen LogP contribution in [0.1, 0.15) is 0 Å². The molecule has 0 unspecified atom stereocenters. The lowest BCUT2D eigenvalue weighted by atomic mass is 9.84. The van der Waals surface area contributed by atoms with Gasteiger partial charge in [0.05, 0.1) is 0 Å². The molecule has 0 aliphatic rings. The van der Waals surface area contributed by atoms with Gasteiger partial charge >= 0.3 is 0 Å². The number of hydrogen-bond donors (Lipinski definition) is 0. The van der Waals surface area contributed by atoms with Gasteiger partial charge in [0.25, 0.3) is 0 Å². The van der Waals surface area contributed by atoms with Crippen LogP contribution in [-0.4, -0.2) is 0 Å². The highest BCUT2D eigenvalue weighted by Crippen LogP contribution is 2.51. The van der Waals surface area contributed by atoms with E-state index >= 15 is 0 Å². The van der Waals surface area contributed by atoms with E-state index in [2.05, 4.69) is 194 Å². The Morgan fingerprint density at radius 1 is 0.264 bits per heavy atom. The van der Waals surface area contributed by atoms with Gasteiger partial charge in [-0.1, -0.05) is 188 Å². The van der Waals surface area contributed by atoms with E-state index in [1.165, 1.54) is 108 Å². The zero-order valence-corrected chi connectivity index (χ0v) is 29.7. The second kappa shape index (κ2) is 12.0. The van der Waals surface area contributed by atoms with Crippen molar-refractivity contribution in [3.05, 3.63) is 194 Å². The topological polar surface area (TPSA) is 0 Å². The largest absolute Gasteiger partial charge is 0.134 e. The first-order valence-corrected chi connectivity index (χ1v) is 19.1. The molecule has 53 heavy (non-hydrogen) atoms. The fourth-order valence-electron chi connectivity index (χ4n) is 8.81. The van der Waals surface area contributed by atoms with Crippen LogP contribution in [0.4, 0.5) is 0 Å². The van der Waals surface area contributed by atoms with Crippen molar-refractivity contribution in [2.24, 2.45) is 0 Å². The summed E-state index contributed by atoms with van der Waals surface area (Å²) in [4.78, 5) is 0. The molecular weight excluding hydrogens is 657 g/mol. The van der Waals surface area contributed by atoms with Crippen LogP contribution in [0.15, 0.2) is 194 Å². The Morgan fingerprint density at radius 2 is 0.717 bits per heavy atom. The van der Waals surface area contributed by atoms with Crippen LogP contribution in [0.2, 0.25) is 0 Å². The Balaban J connectivity index is 1.18. The van der Waals surface area contributed by atoms with Crippen molar-refractivity contribution in [1.29, 1.82) is 0 Å². The van der Waals surface area contributed by atoms with Crippen LogP contribution < -0.4 is 0 Å². The smallest absolute Gasteiger partial charge is 0.0446 e. The molecule has 1 heterocycles. The highest BCUT2D eigenvalue weighted by atomic mass is 32.1. The fourth-order valence-corrected chi connectivity index (χ4v) is 10.1. The van der Waals surface area contributed by atoms with Crippen molar-refractivity contribution in [2.45, 2.75) is 0 Å². The summed E-state index contributed by atoms with van der Waals surface area (Å²) < 4.78 is 2.67. The maximum atomic E-state index is 2.35. The van der Waals surface area contributed by atoms with Crippen molar-refractivity contribution in [2.75, 3.05) is 0 Å². The summed E-state index contributed by atoms with van der Waals surface area (Å²) in [7, 11) is 0. The van der Waals surface area contributed by atoms with E-state index in [1.807, 2.05) is 11.3 Å². The van der Waals surface area contributed by atoms with Gasteiger partial charge in [-0.05, 0) is 88.1 Å². The first kappa shape index (κ1) is 30.1. The van der Waals surface area contributed by atoms with E-state index in [4.69, 9.17) is 0 Å². The van der Waals surface area contributed by atoms with Crippen LogP contribution in [0.3, 0.4) is 0 Å². The Labute approximate surface area is 311 Å². The number of benzene rings is 10. The molecule has 0 spiro atoms. The third-order valence-corrected chi connectivity index (χ3v) is 12.2. The molecule has 10 aromatic carbocycles. The Bertz CT molecular complexity index is 3140. The number of fused-ring (bicyclic) bond motifs is 8. The minimum Gasteiger partial charge on any atom is -0.134 e. The van der Waals surface area contributed by atoms with Gasteiger partial charge in [0, 0.05) is 25.7 Å². The Kier molecular flexibility index (Phi) is 6.83. The molecule has 0 atom stereocenters. The second-order valence-electron chi connectivity index (χ2n) is 13.9. The SMILES string of the molecule is c1ccc(-c2c(-c3ccc(-c4c5ccccc5c(-c5cccc6ccccc56)c5ccccc45)cc3)c3ccccc3c3c2sc2ccccc23)cc1. The number of thiophene rings is 1. The monoisotopic (exact) mass is 688 g/mol. The first-order chi connectivity index (χ1) is 26.3. The standard InChI is InChI=1S/C52H32S/c1-2-16-34(17-3-1)49-48(41-22-8-11-25-44(41)51-45-26-12-13-28-46(45)53-52(49)51)36-31-29-35(30-32-36)47-39-20-6-9-23-42(39)50(43-24-10-7-21-40(43)47)38-27-14-18-33-15-4-5-19-37(33)38/h1-32H. The molecule has 1 aromatic heterocycles. The average Bonchev–Trinajstić information content (AvgIpc) is 3.62. The van der Waals surface area contributed by atoms with E-state index in [1.54, 1.807) is 0 Å². The predicted octanol–water partition coefficient (Wildman–Crippen LogP) is 15.3. The highest BCUT2D eigenvalue weighted by molar-refractivity contribution is 7.26. The minimum absolute atomic E-state index is 1.22. The molecule has 0 nitrogen and oxygen atoms in total. The molecule has 0 radical (unpaired) electrons. The highest BCUT2D eigenvalue weighted by Gasteiger charge is 2.22. The Morgan fingerprint density at radius 3 is 1.38 bits per heavy atom. The van der Waals surface area contributed by atoms with Gasteiger partial charge in [-0.15, -0.1) is 11.3 Å². The lowest BCUT2D eigenvalue weighted by molar-refractivity contribution is 1.63. The van der Waals surface area contributed by atoms with Crippen LogP contribution in [-0.2, 0) is 0 Å². The number of rotatable bonds is 4. The fraction of sp³-hybridized carbons (Fsp3) is 0. The zero-order valence-electron chi connectivity index (χ0n) is 28.9. The van der Waals surface area contributed by atoms with Gasteiger partial charge in [-0.2, -0.15) is 0 Å². The summed E-state index contributed by atoms with van der Waals surface area (Å²) in [6, 6.07) is 71.6. The lowest BCUT2D eigenvalue weighted by Gasteiger charge is -2.19. The summed E-state index contributed by atoms with van der Waals surface area (Å²) in [6.45, 7) is 0. The van der Waals surface area contributed by atoms with Gasteiger partial charge < -0.3 is 0 Å². The van der Waals surface area contributed by atoms with Crippen LogP contribution in [0, 0.1) is 0 Å². The minimum atomic E-state index is 1.22.